The van der Waals surface area contributed by atoms with Crippen LogP contribution in [0.1, 0.15) is 18.1 Å². The standard InChI is InChI=1S/C15H22N2O2S/c1-4-9-17(10-5-2)20(18,19)15-8-7-13(6-3)14(11-15)12-16/h4-5,7-8,11H,1-2,6,9-10,12,16H2,3H3. The molecule has 0 radical (unpaired) electrons. The highest BCUT2D eigenvalue weighted by molar-refractivity contribution is 7.89. The van der Waals surface area contributed by atoms with Crippen LogP contribution in [-0.2, 0) is 23.0 Å². The molecule has 20 heavy (non-hydrogen) atoms. The summed E-state index contributed by atoms with van der Waals surface area (Å²) in [6.45, 7) is 10.0. The highest BCUT2D eigenvalue weighted by atomic mass is 32.2. The largest absolute Gasteiger partial charge is 0.326 e. The van der Waals surface area contributed by atoms with E-state index in [2.05, 4.69) is 13.2 Å². The Balaban J connectivity index is 3.26. The molecule has 0 saturated carbocycles. The lowest BCUT2D eigenvalue weighted by Gasteiger charge is -2.20. The number of hydrogen-bond acceptors (Lipinski definition) is 3. The predicted octanol–water partition coefficient (Wildman–Crippen LogP) is 2.07. The molecule has 1 rings (SSSR count). The summed E-state index contributed by atoms with van der Waals surface area (Å²) < 4.78 is 26.5. The summed E-state index contributed by atoms with van der Waals surface area (Å²) in [6, 6.07) is 5.12. The lowest BCUT2D eigenvalue weighted by molar-refractivity contribution is 0.474. The third-order valence-corrected chi connectivity index (χ3v) is 4.91. The molecule has 0 aliphatic rings. The Morgan fingerprint density at radius 3 is 2.25 bits per heavy atom. The van der Waals surface area contributed by atoms with Gasteiger partial charge < -0.3 is 5.73 Å². The van der Waals surface area contributed by atoms with Crippen molar-refractivity contribution in [3.8, 4) is 0 Å². The minimum atomic E-state index is -3.55. The number of nitrogens with zero attached hydrogens (tertiary/aromatic N) is 1. The van der Waals surface area contributed by atoms with E-state index in [9.17, 15) is 8.42 Å². The molecule has 2 N–H and O–H groups in total. The Bertz CT molecular complexity index is 570. The van der Waals surface area contributed by atoms with Crippen molar-refractivity contribution in [2.24, 2.45) is 5.73 Å². The van der Waals surface area contributed by atoms with Crippen molar-refractivity contribution in [1.29, 1.82) is 0 Å². The van der Waals surface area contributed by atoms with Gasteiger partial charge in [0.25, 0.3) is 0 Å². The van der Waals surface area contributed by atoms with Gasteiger partial charge in [-0.1, -0.05) is 25.1 Å². The van der Waals surface area contributed by atoms with E-state index in [0.29, 0.717) is 6.54 Å². The second-order valence-electron chi connectivity index (χ2n) is 4.39. The molecule has 0 atom stereocenters. The van der Waals surface area contributed by atoms with Gasteiger partial charge in [0, 0.05) is 19.6 Å². The van der Waals surface area contributed by atoms with Crippen LogP contribution in [0.25, 0.3) is 0 Å². The van der Waals surface area contributed by atoms with Gasteiger partial charge in [0.2, 0.25) is 10.0 Å². The summed E-state index contributed by atoms with van der Waals surface area (Å²) >= 11 is 0. The first-order chi connectivity index (χ1) is 9.51. The zero-order valence-electron chi connectivity index (χ0n) is 11.9. The second kappa shape index (κ2) is 7.38. The average Bonchev–Trinajstić information content (AvgIpc) is 2.46. The van der Waals surface area contributed by atoms with Crippen molar-refractivity contribution in [2.75, 3.05) is 13.1 Å². The fourth-order valence-electron chi connectivity index (χ4n) is 2.01. The van der Waals surface area contributed by atoms with Crippen LogP contribution in [0.5, 0.6) is 0 Å². The summed E-state index contributed by atoms with van der Waals surface area (Å²) in [7, 11) is -3.55. The van der Waals surface area contributed by atoms with Gasteiger partial charge >= 0.3 is 0 Å². The third kappa shape index (κ3) is 3.56. The summed E-state index contributed by atoms with van der Waals surface area (Å²) in [6.07, 6.45) is 3.95. The molecule has 1 aromatic carbocycles. The molecule has 0 amide bonds. The molecule has 110 valence electrons. The third-order valence-electron chi connectivity index (χ3n) is 3.08. The summed E-state index contributed by atoms with van der Waals surface area (Å²) in [5, 5.41) is 0. The molecule has 0 spiro atoms. The Kier molecular flexibility index (Phi) is 6.13. The van der Waals surface area contributed by atoms with Crippen LogP contribution in [0, 0.1) is 0 Å². The van der Waals surface area contributed by atoms with Crippen LogP contribution < -0.4 is 5.73 Å². The maximum atomic E-state index is 12.6. The topological polar surface area (TPSA) is 63.4 Å². The first-order valence-electron chi connectivity index (χ1n) is 6.55. The first-order valence-corrected chi connectivity index (χ1v) is 7.99. The van der Waals surface area contributed by atoms with Crippen molar-refractivity contribution in [3.63, 3.8) is 0 Å². The van der Waals surface area contributed by atoms with Gasteiger partial charge in [0.1, 0.15) is 0 Å². The fraction of sp³-hybridized carbons (Fsp3) is 0.333. The van der Waals surface area contributed by atoms with E-state index < -0.39 is 10.0 Å². The van der Waals surface area contributed by atoms with Crippen molar-refractivity contribution in [3.05, 3.63) is 54.6 Å². The zero-order chi connectivity index (χ0) is 15.2. The van der Waals surface area contributed by atoms with Gasteiger partial charge in [-0.05, 0) is 29.7 Å². The van der Waals surface area contributed by atoms with E-state index in [-0.39, 0.29) is 18.0 Å². The van der Waals surface area contributed by atoms with Gasteiger partial charge in [-0.25, -0.2) is 8.42 Å². The van der Waals surface area contributed by atoms with E-state index in [0.717, 1.165) is 17.5 Å². The van der Waals surface area contributed by atoms with Gasteiger partial charge in [0.05, 0.1) is 4.90 Å². The van der Waals surface area contributed by atoms with Gasteiger partial charge in [0.15, 0.2) is 0 Å². The maximum absolute atomic E-state index is 12.6. The van der Waals surface area contributed by atoms with Crippen LogP contribution >= 0.6 is 0 Å². The molecular formula is C15H22N2O2S. The van der Waals surface area contributed by atoms with E-state index >= 15 is 0 Å². The SMILES string of the molecule is C=CCN(CC=C)S(=O)(=O)c1ccc(CC)c(CN)c1. The van der Waals surface area contributed by atoms with E-state index in [1.807, 2.05) is 13.0 Å². The minimum Gasteiger partial charge on any atom is -0.326 e. The highest BCUT2D eigenvalue weighted by Crippen LogP contribution is 2.20. The molecule has 0 aliphatic carbocycles. The smallest absolute Gasteiger partial charge is 0.243 e. The lowest BCUT2D eigenvalue weighted by Crippen LogP contribution is -2.31. The fourth-order valence-corrected chi connectivity index (χ4v) is 3.44. The van der Waals surface area contributed by atoms with Crippen LogP contribution in [0.15, 0.2) is 48.4 Å². The Morgan fingerprint density at radius 1 is 1.20 bits per heavy atom. The van der Waals surface area contributed by atoms with Crippen LogP contribution in [0.3, 0.4) is 0 Å². The number of sulfonamides is 1. The number of aryl methyl sites for hydroxylation is 1. The quantitative estimate of drug-likeness (QED) is 0.747. The lowest BCUT2D eigenvalue weighted by atomic mass is 10.1. The molecule has 1 aromatic rings. The Hall–Kier alpha value is -1.43. The zero-order valence-corrected chi connectivity index (χ0v) is 12.7. The van der Waals surface area contributed by atoms with Gasteiger partial charge in [-0.2, -0.15) is 4.31 Å². The predicted molar refractivity (Wildman–Crippen MR) is 82.9 cm³/mol. The minimum absolute atomic E-state index is 0.252. The van der Waals surface area contributed by atoms with Crippen molar-refractivity contribution in [2.45, 2.75) is 24.8 Å². The van der Waals surface area contributed by atoms with E-state index in [1.165, 1.54) is 4.31 Å². The molecule has 5 heteroatoms. The molecule has 0 fully saturated rings. The van der Waals surface area contributed by atoms with Crippen molar-refractivity contribution < 1.29 is 8.42 Å². The maximum Gasteiger partial charge on any atom is 0.243 e. The molecule has 0 aliphatic heterocycles. The number of rotatable bonds is 8. The number of hydrogen-bond donors (Lipinski definition) is 1. The van der Waals surface area contributed by atoms with E-state index in [1.54, 1.807) is 24.3 Å². The average molecular weight is 294 g/mol. The number of benzene rings is 1. The van der Waals surface area contributed by atoms with Crippen LogP contribution in [0.4, 0.5) is 0 Å². The normalized spacial score (nSPS) is 11.6. The van der Waals surface area contributed by atoms with Crippen molar-refractivity contribution in [1.82, 2.24) is 4.31 Å². The Labute approximate surface area is 121 Å². The molecule has 0 heterocycles. The molecule has 0 saturated heterocycles. The molecule has 0 aromatic heterocycles. The molecule has 0 unspecified atom stereocenters. The van der Waals surface area contributed by atoms with E-state index in [4.69, 9.17) is 5.73 Å². The van der Waals surface area contributed by atoms with Gasteiger partial charge in [-0.3, -0.25) is 0 Å². The monoisotopic (exact) mass is 294 g/mol. The van der Waals surface area contributed by atoms with Crippen molar-refractivity contribution >= 4 is 10.0 Å². The van der Waals surface area contributed by atoms with Gasteiger partial charge in [-0.15, -0.1) is 13.2 Å². The number of nitrogens with two attached hydrogens (primary N) is 1. The summed E-state index contributed by atoms with van der Waals surface area (Å²) in [4.78, 5) is 0.263. The Morgan fingerprint density at radius 2 is 1.80 bits per heavy atom. The van der Waals surface area contributed by atoms with Crippen LogP contribution in [0.2, 0.25) is 0 Å². The molecule has 0 bridgehead atoms. The summed E-state index contributed by atoms with van der Waals surface area (Å²) in [5.41, 5.74) is 7.63. The second-order valence-corrected chi connectivity index (χ2v) is 6.33. The highest BCUT2D eigenvalue weighted by Gasteiger charge is 2.23. The van der Waals surface area contributed by atoms with Crippen LogP contribution in [-0.4, -0.2) is 25.8 Å². The molecular weight excluding hydrogens is 272 g/mol. The summed E-state index contributed by atoms with van der Waals surface area (Å²) in [5.74, 6) is 0. The molecule has 4 nitrogen and oxygen atoms in total. The first kappa shape index (κ1) is 16.6.